The minimum Gasteiger partial charge on any atom is -0.493 e. The third kappa shape index (κ3) is 4.50. The number of benzene rings is 3. The second-order valence-electron chi connectivity index (χ2n) is 7.68. The van der Waals surface area contributed by atoms with Crippen molar-refractivity contribution in [1.82, 2.24) is 9.21 Å². The molecule has 3 aromatic rings. The van der Waals surface area contributed by atoms with Gasteiger partial charge in [0.05, 0.1) is 25.2 Å². The van der Waals surface area contributed by atoms with E-state index in [-0.39, 0.29) is 10.9 Å². The Kier molecular flexibility index (Phi) is 6.79. The molecule has 6 nitrogen and oxygen atoms in total. The van der Waals surface area contributed by atoms with E-state index in [0.717, 1.165) is 0 Å². The van der Waals surface area contributed by atoms with Crippen LogP contribution in [0.4, 0.5) is 0 Å². The first kappa shape index (κ1) is 22.3. The van der Waals surface area contributed by atoms with Gasteiger partial charge in [-0.1, -0.05) is 60.7 Å². The Hall–Kier alpha value is -2.87. The van der Waals surface area contributed by atoms with Gasteiger partial charge in [0, 0.05) is 32.2 Å². The van der Waals surface area contributed by atoms with Crippen LogP contribution in [0.2, 0.25) is 0 Å². The van der Waals surface area contributed by atoms with Crippen molar-refractivity contribution in [2.75, 3.05) is 40.4 Å². The van der Waals surface area contributed by atoms with Crippen LogP contribution in [-0.2, 0) is 10.0 Å². The molecular formula is C25H28N2O4S. The Labute approximate surface area is 190 Å². The van der Waals surface area contributed by atoms with E-state index in [1.807, 2.05) is 36.4 Å². The Morgan fingerprint density at radius 1 is 0.719 bits per heavy atom. The third-order valence-electron chi connectivity index (χ3n) is 5.86. The summed E-state index contributed by atoms with van der Waals surface area (Å²) in [6, 6.07) is 25.5. The van der Waals surface area contributed by atoms with Crippen LogP contribution < -0.4 is 9.47 Å². The van der Waals surface area contributed by atoms with Crippen molar-refractivity contribution in [2.45, 2.75) is 10.9 Å². The van der Waals surface area contributed by atoms with E-state index >= 15 is 0 Å². The molecule has 0 amide bonds. The number of hydrogen-bond acceptors (Lipinski definition) is 5. The minimum atomic E-state index is -3.63. The van der Waals surface area contributed by atoms with Crippen molar-refractivity contribution in [2.24, 2.45) is 0 Å². The van der Waals surface area contributed by atoms with Gasteiger partial charge in [0.15, 0.2) is 11.5 Å². The zero-order chi connectivity index (χ0) is 22.6. The number of nitrogens with zero attached hydrogens (tertiary/aromatic N) is 2. The molecule has 0 spiro atoms. The quantitative estimate of drug-likeness (QED) is 0.546. The molecule has 1 heterocycles. The van der Waals surface area contributed by atoms with E-state index in [4.69, 9.17) is 9.47 Å². The van der Waals surface area contributed by atoms with E-state index in [9.17, 15) is 8.42 Å². The normalized spacial score (nSPS) is 15.6. The van der Waals surface area contributed by atoms with Crippen LogP contribution in [0.3, 0.4) is 0 Å². The van der Waals surface area contributed by atoms with Crippen molar-refractivity contribution >= 4 is 10.0 Å². The second kappa shape index (κ2) is 9.73. The lowest BCUT2D eigenvalue weighted by molar-refractivity contribution is 0.156. The molecule has 3 aromatic carbocycles. The molecule has 0 atom stereocenters. The molecule has 4 rings (SSSR count). The Bertz CT molecular complexity index is 1090. The molecule has 0 N–H and O–H groups in total. The Balaban J connectivity index is 1.55. The summed E-state index contributed by atoms with van der Waals surface area (Å²) in [5.74, 6) is 0.908. The number of methoxy groups -OCH3 is 2. The summed E-state index contributed by atoms with van der Waals surface area (Å²) >= 11 is 0. The summed E-state index contributed by atoms with van der Waals surface area (Å²) in [5, 5.41) is 0. The molecule has 0 saturated carbocycles. The fourth-order valence-electron chi connectivity index (χ4n) is 4.21. The van der Waals surface area contributed by atoms with E-state index in [0.29, 0.717) is 37.7 Å². The summed E-state index contributed by atoms with van der Waals surface area (Å²) in [5.41, 5.74) is 2.41. The Morgan fingerprint density at radius 2 is 1.25 bits per heavy atom. The highest BCUT2D eigenvalue weighted by molar-refractivity contribution is 7.89. The molecule has 168 valence electrons. The molecule has 32 heavy (non-hydrogen) atoms. The predicted molar refractivity (Wildman–Crippen MR) is 125 cm³/mol. The lowest BCUT2D eigenvalue weighted by atomic mass is 9.96. The highest BCUT2D eigenvalue weighted by Gasteiger charge is 2.32. The summed E-state index contributed by atoms with van der Waals surface area (Å²) in [4.78, 5) is 2.57. The lowest BCUT2D eigenvalue weighted by Gasteiger charge is -2.39. The maximum atomic E-state index is 13.3. The summed E-state index contributed by atoms with van der Waals surface area (Å²) in [6.07, 6.45) is 0. The zero-order valence-electron chi connectivity index (χ0n) is 18.3. The fraction of sp³-hybridized carbons (Fsp3) is 0.280. The van der Waals surface area contributed by atoms with Crippen molar-refractivity contribution in [3.05, 3.63) is 90.0 Å². The van der Waals surface area contributed by atoms with Gasteiger partial charge in [-0.05, 0) is 23.3 Å². The summed E-state index contributed by atoms with van der Waals surface area (Å²) in [6.45, 7) is 2.13. The van der Waals surface area contributed by atoms with Gasteiger partial charge < -0.3 is 9.47 Å². The number of hydrogen-bond donors (Lipinski definition) is 0. The van der Waals surface area contributed by atoms with Gasteiger partial charge in [-0.15, -0.1) is 0 Å². The first-order valence-corrected chi connectivity index (χ1v) is 12.0. The average molecular weight is 453 g/mol. The van der Waals surface area contributed by atoms with Gasteiger partial charge in [0.1, 0.15) is 0 Å². The van der Waals surface area contributed by atoms with Gasteiger partial charge in [-0.2, -0.15) is 4.31 Å². The molecule has 0 radical (unpaired) electrons. The molecule has 0 bridgehead atoms. The number of rotatable bonds is 7. The van der Waals surface area contributed by atoms with Crippen LogP contribution in [0.1, 0.15) is 17.2 Å². The second-order valence-corrected chi connectivity index (χ2v) is 9.62. The Morgan fingerprint density at radius 3 is 1.75 bits per heavy atom. The van der Waals surface area contributed by atoms with Gasteiger partial charge in [-0.25, -0.2) is 8.42 Å². The van der Waals surface area contributed by atoms with Crippen LogP contribution in [0.15, 0.2) is 83.8 Å². The van der Waals surface area contributed by atoms with E-state index < -0.39 is 10.0 Å². The van der Waals surface area contributed by atoms with Gasteiger partial charge in [0.25, 0.3) is 0 Å². The average Bonchev–Trinajstić information content (AvgIpc) is 2.85. The SMILES string of the molecule is COc1ccc(S(=O)(=O)N2CCN(C(c3ccccc3)c3ccccc3)CC2)cc1OC. The molecule has 1 saturated heterocycles. The zero-order valence-corrected chi connectivity index (χ0v) is 19.2. The maximum Gasteiger partial charge on any atom is 0.243 e. The smallest absolute Gasteiger partial charge is 0.243 e. The summed E-state index contributed by atoms with van der Waals surface area (Å²) in [7, 11) is -0.598. The lowest BCUT2D eigenvalue weighted by Crippen LogP contribution is -2.49. The molecule has 1 fully saturated rings. The van der Waals surface area contributed by atoms with Crippen molar-refractivity contribution in [3.8, 4) is 11.5 Å². The van der Waals surface area contributed by atoms with Crippen LogP contribution in [0, 0.1) is 0 Å². The van der Waals surface area contributed by atoms with E-state index in [1.54, 1.807) is 16.4 Å². The minimum absolute atomic E-state index is 0.0864. The molecular weight excluding hydrogens is 424 g/mol. The van der Waals surface area contributed by atoms with Gasteiger partial charge in [0.2, 0.25) is 10.0 Å². The standard InChI is InChI=1S/C25H28N2O4S/c1-30-23-14-13-22(19-24(23)31-2)32(28,29)27-17-15-26(16-18-27)25(20-9-5-3-6-10-20)21-11-7-4-8-12-21/h3-14,19,25H,15-18H2,1-2H3. The molecule has 1 aliphatic heterocycles. The largest absolute Gasteiger partial charge is 0.493 e. The number of sulfonamides is 1. The molecule has 0 aliphatic carbocycles. The highest BCUT2D eigenvalue weighted by Crippen LogP contribution is 2.33. The van der Waals surface area contributed by atoms with Crippen LogP contribution >= 0.6 is 0 Å². The first-order chi connectivity index (χ1) is 15.5. The number of piperazine rings is 1. The maximum absolute atomic E-state index is 13.3. The van der Waals surface area contributed by atoms with Crippen molar-refractivity contribution in [3.63, 3.8) is 0 Å². The van der Waals surface area contributed by atoms with Crippen LogP contribution in [0.5, 0.6) is 11.5 Å². The first-order valence-electron chi connectivity index (χ1n) is 10.6. The molecule has 7 heteroatoms. The van der Waals surface area contributed by atoms with Crippen molar-refractivity contribution in [1.29, 1.82) is 0 Å². The van der Waals surface area contributed by atoms with Gasteiger partial charge in [-0.3, -0.25) is 4.90 Å². The molecule has 0 aromatic heterocycles. The fourth-order valence-corrected chi connectivity index (χ4v) is 5.65. The van der Waals surface area contributed by atoms with Crippen molar-refractivity contribution < 1.29 is 17.9 Å². The number of ether oxygens (including phenoxy) is 2. The van der Waals surface area contributed by atoms with Crippen LogP contribution in [-0.4, -0.2) is 58.0 Å². The summed E-state index contributed by atoms with van der Waals surface area (Å²) < 4.78 is 38.6. The van der Waals surface area contributed by atoms with Crippen LogP contribution in [0.25, 0.3) is 0 Å². The predicted octanol–water partition coefficient (Wildman–Crippen LogP) is 3.80. The van der Waals surface area contributed by atoms with Gasteiger partial charge >= 0.3 is 0 Å². The van der Waals surface area contributed by atoms with E-state index in [1.165, 1.54) is 31.4 Å². The third-order valence-corrected chi connectivity index (χ3v) is 7.76. The monoisotopic (exact) mass is 452 g/mol. The molecule has 0 unspecified atom stereocenters. The molecule has 1 aliphatic rings. The topological polar surface area (TPSA) is 59.1 Å². The highest BCUT2D eigenvalue weighted by atomic mass is 32.2. The van der Waals surface area contributed by atoms with E-state index in [2.05, 4.69) is 29.2 Å².